The van der Waals surface area contributed by atoms with Crippen molar-refractivity contribution in [2.24, 2.45) is 0 Å². The van der Waals surface area contributed by atoms with E-state index in [2.05, 4.69) is 6.07 Å². The maximum atomic E-state index is 13.2. The average Bonchev–Trinajstić information content (AvgIpc) is 2.34. The van der Waals surface area contributed by atoms with Crippen molar-refractivity contribution < 1.29 is 4.39 Å². The van der Waals surface area contributed by atoms with Gasteiger partial charge in [-0.15, -0.1) is 0 Å². The van der Waals surface area contributed by atoms with Gasteiger partial charge in [-0.2, -0.15) is 5.26 Å². The van der Waals surface area contributed by atoms with E-state index in [1.54, 1.807) is 12.1 Å². The van der Waals surface area contributed by atoms with E-state index in [9.17, 15) is 9.65 Å². The highest BCUT2D eigenvalue weighted by Gasteiger charge is 2.37. The zero-order valence-electron chi connectivity index (χ0n) is 9.22. The van der Waals surface area contributed by atoms with Crippen LogP contribution in [0.1, 0.15) is 31.2 Å². The number of rotatable bonds is 1. The van der Waals surface area contributed by atoms with Crippen molar-refractivity contribution in [1.29, 1.82) is 5.26 Å². The van der Waals surface area contributed by atoms with Gasteiger partial charge >= 0.3 is 0 Å². The zero-order chi connectivity index (χ0) is 12.5. The minimum Gasteiger partial charge on any atom is -0.247 e. The van der Waals surface area contributed by atoms with Crippen LogP contribution in [0.25, 0.3) is 0 Å². The summed E-state index contributed by atoms with van der Waals surface area (Å²) in [5, 5.41) is 10.3. The van der Waals surface area contributed by atoms with Gasteiger partial charge in [0.1, 0.15) is 6.17 Å². The van der Waals surface area contributed by atoms with Crippen LogP contribution in [-0.2, 0) is 5.41 Å². The molecule has 0 bridgehead atoms. The summed E-state index contributed by atoms with van der Waals surface area (Å²) in [4.78, 5) is 0. The predicted octanol–water partition coefficient (Wildman–Crippen LogP) is 4.67. The lowest BCUT2D eigenvalue weighted by Gasteiger charge is -2.32. The molecular formula is C13H12Cl2FN. The highest BCUT2D eigenvalue weighted by molar-refractivity contribution is 6.42. The minimum absolute atomic E-state index is 0.438. The molecule has 1 aromatic rings. The van der Waals surface area contributed by atoms with Crippen molar-refractivity contribution in [2.45, 2.75) is 37.3 Å². The highest BCUT2D eigenvalue weighted by atomic mass is 35.5. The zero-order valence-corrected chi connectivity index (χ0v) is 10.7. The van der Waals surface area contributed by atoms with Gasteiger partial charge in [-0.05, 0) is 43.4 Å². The number of benzene rings is 1. The SMILES string of the molecule is N#CC1(c2ccc(Cl)c(Cl)c2)CCC(F)CC1. The van der Waals surface area contributed by atoms with Crippen LogP contribution in [-0.4, -0.2) is 6.17 Å². The molecular weight excluding hydrogens is 260 g/mol. The number of nitriles is 1. The first-order chi connectivity index (χ1) is 8.07. The molecule has 1 fully saturated rings. The normalized spacial score (nSPS) is 28.7. The molecule has 0 radical (unpaired) electrons. The molecule has 4 heteroatoms. The predicted molar refractivity (Wildman–Crippen MR) is 67.1 cm³/mol. The molecule has 2 rings (SSSR count). The van der Waals surface area contributed by atoms with Gasteiger partial charge in [0.2, 0.25) is 0 Å². The van der Waals surface area contributed by atoms with Crippen molar-refractivity contribution >= 4 is 23.2 Å². The fourth-order valence-corrected chi connectivity index (χ4v) is 2.63. The average molecular weight is 272 g/mol. The summed E-state index contributed by atoms with van der Waals surface area (Å²) in [6, 6.07) is 7.57. The molecule has 0 unspecified atom stereocenters. The van der Waals surface area contributed by atoms with Crippen molar-refractivity contribution in [2.75, 3.05) is 0 Å². The van der Waals surface area contributed by atoms with Gasteiger partial charge in [-0.3, -0.25) is 0 Å². The second-order valence-corrected chi connectivity index (χ2v) is 5.31. The largest absolute Gasteiger partial charge is 0.247 e. The summed E-state index contributed by atoms with van der Waals surface area (Å²) in [6.07, 6.45) is 1.19. The molecule has 0 atom stereocenters. The summed E-state index contributed by atoms with van der Waals surface area (Å²) < 4.78 is 13.2. The highest BCUT2D eigenvalue weighted by Crippen LogP contribution is 2.41. The van der Waals surface area contributed by atoms with Gasteiger partial charge in [-0.25, -0.2) is 4.39 Å². The van der Waals surface area contributed by atoms with Crippen molar-refractivity contribution in [3.8, 4) is 6.07 Å². The molecule has 90 valence electrons. The van der Waals surface area contributed by atoms with Crippen molar-refractivity contribution in [3.63, 3.8) is 0 Å². The molecule has 17 heavy (non-hydrogen) atoms. The first-order valence-electron chi connectivity index (χ1n) is 5.58. The van der Waals surface area contributed by atoms with Gasteiger partial charge in [-0.1, -0.05) is 29.3 Å². The number of hydrogen-bond donors (Lipinski definition) is 0. The Hall–Kier alpha value is -0.780. The Morgan fingerprint density at radius 2 is 1.88 bits per heavy atom. The molecule has 0 aliphatic heterocycles. The molecule has 1 nitrogen and oxygen atoms in total. The van der Waals surface area contributed by atoms with E-state index in [1.165, 1.54) is 0 Å². The molecule has 0 amide bonds. The fraction of sp³-hybridized carbons (Fsp3) is 0.462. The number of halogens is 3. The Morgan fingerprint density at radius 1 is 1.24 bits per heavy atom. The lowest BCUT2D eigenvalue weighted by Crippen LogP contribution is -2.30. The van der Waals surface area contributed by atoms with Gasteiger partial charge in [0, 0.05) is 0 Å². The van der Waals surface area contributed by atoms with Crippen LogP contribution in [0.2, 0.25) is 10.0 Å². The molecule has 1 aliphatic rings. The molecule has 1 aliphatic carbocycles. The van der Waals surface area contributed by atoms with E-state index >= 15 is 0 Å². The number of hydrogen-bond acceptors (Lipinski definition) is 1. The Kier molecular flexibility index (Phi) is 3.61. The van der Waals surface area contributed by atoms with Gasteiger partial charge in [0.15, 0.2) is 0 Å². The van der Waals surface area contributed by atoms with Crippen LogP contribution < -0.4 is 0 Å². The monoisotopic (exact) mass is 271 g/mol. The smallest absolute Gasteiger partial charge is 0.100 e. The van der Waals surface area contributed by atoms with Gasteiger partial charge in [0.25, 0.3) is 0 Å². The fourth-order valence-electron chi connectivity index (χ4n) is 2.33. The lowest BCUT2D eigenvalue weighted by molar-refractivity contribution is 0.209. The summed E-state index contributed by atoms with van der Waals surface area (Å²) in [7, 11) is 0. The lowest BCUT2D eigenvalue weighted by atomic mass is 9.70. The van der Waals surface area contributed by atoms with E-state index in [0.717, 1.165) is 5.56 Å². The Bertz CT molecular complexity index is 459. The first-order valence-corrected chi connectivity index (χ1v) is 6.34. The van der Waals surface area contributed by atoms with E-state index in [1.807, 2.05) is 6.07 Å². The van der Waals surface area contributed by atoms with Crippen LogP contribution in [0.5, 0.6) is 0 Å². The second-order valence-electron chi connectivity index (χ2n) is 4.50. The van der Waals surface area contributed by atoms with E-state index in [0.29, 0.717) is 35.7 Å². The van der Waals surface area contributed by atoms with Crippen LogP contribution in [0.15, 0.2) is 18.2 Å². The molecule has 0 spiro atoms. The molecule has 0 N–H and O–H groups in total. The number of nitrogens with zero attached hydrogens (tertiary/aromatic N) is 1. The van der Waals surface area contributed by atoms with Crippen molar-refractivity contribution in [3.05, 3.63) is 33.8 Å². The quantitative estimate of drug-likeness (QED) is 0.729. The second kappa shape index (κ2) is 4.84. The minimum atomic E-state index is -0.778. The molecule has 1 aromatic carbocycles. The Morgan fingerprint density at radius 3 is 2.41 bits per heavy atom. The third-order valence-corrected chi connectivity index (χ3v) is 4.19. The molecule has 0 saturated heterocycles. The summed E-state index contributed by atoms with van der Waals surface area (Å²) in [5.41, 5.74) is 0.248. The molecule has 0 aromatic heterocycles. The topological polar surface area (TPSA) is 23.8 Å². The van der Waals surface area contributed by atoms with Crippen LogP contribution in [0.3, 0.4) is 0 Å². The van der Waals surface area contributed by atoms with Crippen LogP contribution in [0, 0.1) is 11.3 Å². The maximum Gasteiger partial charge on any atom is 0.100 e. The van der Waals surface area contributed by atoms with E-state index in [-0.39, 0.29) is 0 Å². The standard InChI is InChI=1S/C13H12Cl2FN/c14-11-2-1-9(7-12(11)15)13(8-17)5-3-10(16)4-6-13/h1-2,7,10H,3-6H2. The molecule has 1 saturated carbocycles. The van der Waals surface area contributed by atoms with E-state index < -0.39 is 11.6 Å². The Balaban J connectivity index is 2.35. The van der Waals surface area contributed by atoms with Crippen molar-refractivity contribution in [1.82, 2.24) is 0 Å². The first kappa shape index (κ1) is 12.7. The summed E-state index contributed by atoms with van der Waals surface area (Å²) in [6.45, 7) is 0. The third-order valence-electron chi connectivity index (χ3n) is 3.45. The van der Waals surface area contributed by atoms with Gasteiger partial charge < -0.3 is 0 Å². The summed E-state index contributed by atoms with van der Waals surface area (Å²) in [5.74, 6) is 0. The van der Waals surface area contributed by atoms with E-state index in [4.69, 9.17) is 23.2 Å². The maximum absolute atomic E-state index is 13.2. The number of alkyl halides is 1. The van der Waals surface area contributed by atoms with Crippen LogP contribution in [0.4, 0.5) is 4.39 Å². The van der Waals surface area contributed by atoms with Gasteiger partial charge in [0.05, 0.1) is 21.5 Å². The third kappa shape index (κ3) is 2.41. The van der Waals surface area contributed by atoms with Crippen LogP contribution >= 0.6 is 23.2 Å². The molecule has 0 heterocycles. The Labute approximate surface area is 110 Å². The summed E-state index contributed by atoms with van der Waals surface area (Å²) >= 11 is 11.8.